The van der Waals surface area contributed by atoms with Gasteiger partial charge in [0.15, 0.2) is 0 Å². The van der Waals surface area contributed by atoms with E-state index in [2.05, 4.69) is 86.8 Å². The molecule has 0 radical (unpaired) electrons. The lowest BCUT2D eigenvalue weighted by Gasteiger charge is -2.12. The van der Waals surface area contributed by atoms with Crippen molar-refractivity contribution in [2.75, 3.05) is 0 Å². The van der Waals surface area contributed by atoms with Gasteiger partial charge in [0.1, 0.15) is 0 Å². The lowest BCUT2D eigenvalue weighted by molar-refractivity contribution is 1.40. The SMILES string of the molecule is C=C/C=C(/CC=C)c1ccc2cc(C)cc(-c3ccccc3)c2c1. The Bertz CT molecular complexity index is 911. The molecular weight excluding hydrogens is 288 g/mol. The number of rotatable bonds is 5. The van der Waals surface area contributed by atoms with Gasteiger partial charge in [0.05, 0.1) is 0 Å². The molecule has 0 heteroatoms. The van der Waals surface area contributed by atoms with Crippen molar-refractivity contribution < 1.29 is 0 Å². The minimum absolute atomic E-state index is 0.837. The Morgan fingerprint density at radius 2 is 1.75 bits per heavy atom. The van der Waals surface area contributed by atoms with Gasteiger partial charge >= 0.3 is 0 Å². The molecule has 0 heterocycles. The topological polar surface area (TPSA) is 0 Å². The monoisotopic (exact) mass is 310 g/mol. The second-order valence-electron chi connectivity index (χ2n) is 6.03. The zero-order valence-corrected chi connectivity index (χ0v) is 14.1. The molecule has 0 nitrogen and oxygen atoms in total. The van der Waals surface area contributed by atoms with Gasteiger partial charge in [-0.15, -0.1) is 6.58 Å². The fraction of sp³-hybridized carbons (Fsp3) is 0.0833. The number of fused-ring (bicyclic) bond motifs is 1. The maximum Gasteiger partial charge on any atom is -0.00942 e. The highest BCUT2D eigenvalue weighted by Gasteiger charge is 2.08. The molecular formula is C24H22. The lowest BCUT2D eigenvalue weighted by Crippen LogP contribution is -1.88. The average molecular weight is 310 g/mol. The van der Waals surface area contributed by atoms with Crippen molar-refractivity contribution >= 4 is 16.3 Å². The molecule has 0 atom stereocenters. The fourth-order valence-electron chi connectivity index (χ4n) is 3.14. The molecule has 0 saturated carbocycles. The van der Waals surface area contributed by atoms with Crippen molar-refractivity contribution in [3.8, 4) is 11.1 Å². The van der Waals surface area contributed by atoms with Crippen molar-refractivity contribution in [2.24, 2.45) is 0 Å². The highest BCUT2D eigenvalue weighted by molar-refractivity contribution is 5.99. The van der Waals surface area contributed by atoms with Gasteiger partial charge in [0, 0.05) is 0 Å². The van der Waals surface area contributed by atoms with Gasteiger partial charge in [-0.05, 0) is 58.0 Å². The van der Waals surface area contributed by atoms with Crippen molar-refractivity contribution in [3.05, 3.63) is 103 Å². The van der Waals surface area contributed by atoms with Crippen LogP contribution in [0.25, 0.3) is 27.5 Å². The van der Waals surface area contributed by atoms with Crippen LogP contribution in [0.15, 0.2) is 92.0 Å². The number of allylic oxidation sites excluding steroid dienone is 4. The molecule has 0 bridgehead atoms. The molecule has 3 rings (SSSR count). The van der Waals surface area contributed by atoms with E-state index in [0.29, 0.717) is 0 Å². The molecule has 0 aliphatic rings. The average Bonchev–Trinajstić information content (AvgIpc) is 2.61. The molecule has 0 unspecified atom stereocenters. The van der Waals surface area contributed by atoms with Crippen LogP contribution < -0.4 is 0 Å². The third kappa shape index (κ3) is 3.23. The Labute approximate surface area is 144 Å². The molecule has 0 spiro atoms. The first-order valence-electron chi connectivity index (χ1n) is 8.25. The first kappa shape index (κ1) is 16.0. The van der Waals surface area contributed by atoms with E-state index in [0.717, 1.165) is 6.42 Å². The van der Waals surface area contributed by atoms with Gasteiger partial charge in [-0.3, -0.25) is 0 Å². The van der Waals surface area contributed by atoms with Gasteiger partial charge < -0.3 is 0 Å². The second-order valence-corrected chi connectivity index (χ2v) is 6.03. The number of hydrogen-bond acceptors (Lipinski definition) is 0. The lowest BCUT2D eigenvalue weighted by atomic mass is 9.92. The van der Waals surface area contributed by atoms with Gasteiger partial charge in [0.25, 0.3) is 0 Å². The zero-order valence-electron chi connectivity index (χ0n) is 14.1. The second kappa shape index (κ2) is 7.14. The summed E-state index contributed by atoms with van der Waals surface area (Å²) in [5, 5.41) is 2.55. The highest BCUT2D eigenvalue weighted by Crippen LogP contribution is 2.32. The summed E-state index contributed by atoms with van der Waals surface area (Å²) >= 11 is 0. The Hall–Kier alpha value is -2.86. The van der Waals surface area contributed by atoms with Crippen LogP contribution in [0.3, 0.4) is 0 Å². The molecule has 118 valence electrons. The minimum Gasteiger partial charge on any atom is -0.103 e. The molecule has 0 saturated heterocycles. The van der Waals surface area contributed by atoms with Gasteiger partial charge in [-0.2, -0.15) is 0 Å². The number of aryl methyl sites for hydroxylation is 1. The summed E-state index contributed by atoms with van der Waals surface area (Å²) < 4.78 is 0. The van der Waals surface area contributed by atoms with Crippen molar-refractivity contribution in [2.45, 2.75) is 13.3 Å². The Morgan fingerprint density at radius 3 is 2.46 bits per heavy atom. The molecule has 0 aliphatic heterocycles. The highest BCUT2D eigenvalue weighted by atomic mass is 14.1. The van der Waals surface area contributed by atoms with Crippen LogP contribution in [0.4, 0.5) is 0 Å². The molecule has 24 heavy (non-hydrogen) atoms. The molecule has 0 aliphatic carbocycles. The van der Waals surface area contributed by atoms with Crippen LogP contribution in [-0.2, 0) is 0 Å². The summed E-state index contributed by atoms with van der Waals surface area (Å²) in [7, 11) is 0. The fourth-order valence-corrected chi connectivity index (χ4v) is 3.14. The van der Waals surface area contributed by atoms with Gasteiger partial charge in [0.2, 0.25) is 0 Å². The van der Waals surface area contributed by atoms with Crippen LogP contribution in [0.5, 0.6) is 0 Å². The van der Waals surface area contributed by atoms with E-state index in [1.807, 2.05) is 12.2 Å². The molecule has 0 N–H and O–H groups in total. The van der Waals surface area contributed by atoms with E-state index in [9.17, 15) is 0 Å². The van der Waals surface area contributed by atoms with E-state index < -0.39 is 0 Å². The Balaban J connectivity index is 2.25. The van der Waals surface area contributed by atoms with Crippen LogP contribution in [0.2, 0.25) is 0 Å². The Morgan fingerprint density at radius 1 is 0.958 bits per heavy atom. The summed E-state index contributed by atoms with van der Waals surface area (Å²) in [6, 6.07) is 21.8. The van der Waals surface area contributed by atoms with Crippen molar-refractivity contribution in [1.29, 1.82) is 0 Å². The maximum absolute atomic E-state index is 3.87. The molecule has 0 amide bonds. The quantitative estimate of drug-likeness (QED) is 0.353. The maximum atomic E-state index is 3.87. The first-order chi connectivity index (χ1) is 11.7. The normalized spacial score (nSPS) is 11.5. The summed E-state index contributed by atoms with van der Waals surface area (Å²) in [5.41, 5.74) is 6.28. The third-order valence-electron chi connectivity index (χ3n) is 4.24. The summed E-state index contributed by atoms with van der Waals surface area (Å²) in [5.74, 6) is 0. The van der Waals surface area contributed by atoms with Crippen LogP contribution in [0, 0.1) is 6.92 Å². The van der Waals surface area contributed by atoms with E-state index in [1.165, 1.54) is 38.6 Å². The van der Waals surface area contributed by atoms with Crippen LogP contribution in [-0.4, -0.2) is 0 Å². The number of hydrogen-bond donors (Lipinski definition) is 0. The van der Waals surface area contributed by atoms with Crippen LogP contribution >= 0.6 is 0 Å². The van der Waals surface area contributed by atoms with E-state index in [4.69, 9.17) is 0 Å². The largest absolute Gasteiger partial charge is 0.103 e. The minimum atomic E-state index is 0.837. The van der Waals surface area contributed by atoms with E-state index in [-0.39, 0.29) is 0 Å². The van der Waals surface area contributed by atoms with Crippen molar-refractivity contribution in [3.63, 3.8) is 0 Å². The zero-order chi connectivity index (χ0) is 16.9. The third-order valence-corrected chi connectivity index (χ3v) is 4.24. The van der Waals surface area contributed by atoms with E-state index >= 15 is 0 Å². The Kier molecular flexibility index (Phi) is 4.77. The standard InChI is InChI=1S/C24H22/c1-4-9-19(10-5-2)21-13-14-22-15-18(3)16-23(24(22)17-21)20-11-7-6-8-12-20/h4-9,11-17H,1-2,10H2,3H3/b19-9-. The smallest absolute Gasteiger partial charge is 0.00942 e. The molecule has 3 aromatic rings. The van der Waals surface area contributed by atoms with Gasteiger partial charge in [-0.1, -0.05) is 79.4 Å². The molecule has 3 aromatic carbocycles. The van der Waals surface area contributed by atoms with E-state index in [1.54, 1.807) is 0 Å². The predicted octanol–water partition coefficient (Wildman–Crippen LogP) is 6.96. The summed E-state index contributed by atoms with van der Waals surface area (Å²) in [6.07, 6.45) is 6.69. The van der Waals surface area contributed by atoms with Crippen LogP contribution in [0.1, 0.15) is 17.5 Å². The first-order valence-corrected chi connectivity index (χ1v) is 8.25. The van der Waals surface area contributed by atoms with Crippen molar-refractivity contribution in [1.82, 2.24) is 0 Å². The summed E-state index contributed by atoms with van der Waals surface area (Å²) in [4.78, 5) is 0. The molecule has 0 fully saturated rings. The number of benzene rings is 3. The summed E-state index contributed by atoms with van der Waals surface area (Å²) in [6.45, 7) is 9.86. The van der Waals surface area contributed by atoms with Gasteiger partial charge in [-0.25, -0.2) is 0 Å². The molecule has 0 aromatic heterocycles. The predicted molar refractivity (Wildman–Crippen MR) is 107 cm³/mol.